The lowest BCUT2D eigenvalue weighted by Crippen LogP contribution is -2.33. The molecule has 1 unspecified atom stereocenters. The summed E-state index contributed by atoms with van der Waals surface area (Å²) in [6.45, 7) is 4.14. The van der Waals surface area contributed by atoms with Gasteiger partial charge in [0, 0.05) is 17.6 Å². The van der Waals surface area contributed by atoms with E-state index in [0.29, 0.717) is 24.2 Å². The van der Waals surface area contributed by atoms with Gasteiger partial charge in [-0.05, 0) is 25.5 Å². The van der Waals surface area contributed by atoms with Gasteiger partial charge in [0.25, 0.3) is 0 Å². The Balaban J connectivity index is 2.35. The highest BCUT2D eigenvalue weighted by molar-refractivity contribution is 5.97. The van der Waals surface area contributed by atoms with Crippen molar-refractivity contribution < 1.29 is 15.0 Å². The summed E-state index contributed by atoms with van der Waals surface area (Å²) < 4.78 is 0. The van der Waals surface area contributed by atoms with Crippen molar-refractivity contribution in [1.29, 1.82) is 0 Å². The number of aromatic nitrogens is 1. The number of aliphatic hydroxyl groups is 1. The molecule has 5 heteroatoms. The van der Waals surface area contributed by atoms with Crippen molar-refractivity contribution in [2.24, 2.45) is 0 Å². The van der Waals surface area contributed by atoms with E-state index in [-0.39, 0.29) is 5.69 Å². The van der Waals surface area contributed by atoms with E-state index in [9.17, 15) is 9.90 Å². The number of para-hydroxylation sites is 1. The number of hydrogen-bond donors (Lipinski definition) is 3. The number of nitrogens with zero attached hydrogens (tertiary/aromatic N) is 1. The third-order valence-corrected chi connectivity index (χ3v) is 3.38. The second-order valence-corrected chi connectivity index (χ2v) is 5.48. The summed E-state index contributed by atoms with van der Waals surface area (Å²) in [5.41, 5.74) is 0.457. The number of carboxylic acids is 1. The number of fused-ring (bicyclic) bond motifs is 1. The van der Waals surface area contributed by atoms with Gasteiger partial charge in [-0.25, -0.2) is 9.78 Å². The molecule has 0 amide bonds. The minimum Gasteiger partial charge on any atom is -0.477 e. The van der Waals surface area contributed by atoms with Crippen LogP contribution in [0.15, 0.2) is 30.3 Å². The molecule has 2 aromatic rings. The van der Waals surface area contributed by atoms with E-state index in [1.54, 1.807) is 13.0 Å². The predicted octanol–water partition coefficient (Wildman–Crippen LogP) is 2.90. The number of carbonyl (C=O) groups is 1. The Kier molecular flexibility index (Phi) is 4.43. The fourth-order valence-electron chi connectivity index (χ4n) is 2.34. The Hall–Kier alpha value is -2.14. The van der Waals surface area contributed by atoms with Gasteiger partial charge < -0.3 is 15.5 Å². The van der Waals surface area contributed by atoms with Gasteiger partial charge >= 0.3 is 5.97 Å². The van der Waals surface area contributed by atoms with Gasteiger partial charge in [0.15, 0.2) is 5.69 Å². The molecule has 0 bridgehead atoms. The van der Waals surface area contributed by atoms with Crippen LogP contribution in [-0.2, 0) is 0 Å². The van der Waals surface area contributed by atoms with Crippen molar-refractivity contribution in [3.8, 4) is 0 Å². The summed E-state index contributed by atoms with van der Waals surface area (Å²) in [6, 6.07) is 8.85. The Morgan fingerprint density at radius 3 is 2.76 bits per heavy atom. The molecule has 1 atom stereocenters. The van der Waals surface area contributed by atoms with Crippen LogP contribution in [0.3, 0.4) is 0 Å². The molecule has 0 radical (unpaired) electrons. The topological polar surface area (TPSA) is 82.5 Å². The first kappa shape index (κ1) is 15.3. The number of benzene rings is 1. The van der Waals surface area contributed by atoms with Crippen LogP contribution in [-0.4, -0.2) is 33.3 Å². The molecule has 1 aromatic carbocycles. The van der Waals surface area contributed by atoms with Crippen molar-refractivity contribution in [3.05, 3.63) is 36.0 Å². The summed E-state index contributed by atoms with van der Waals surface area (Å²) in [6.07, 6.45) is 1.56. The van der Waals surface area contributed by atoms with Crippen LogP contribution in [0.25, 0.3) is 10.9 Å². The molecule has 112 valence electrons. The lowest BCUT2D eigenvalue weighted by molar-refractivity contribution is 0.0637. The quantitative estimate of drug-likeness (QED) is 0.761. The minimum atomic E-state index is -1.07. The first-order valence-corrected chi connectivity index (χ1v) is 7.02. The first-order chi connectivity index (χ1) is 9.93. The van der Waals surface area contributed by atoms with E-state index < -0.39 is 11.6 Å². The second-order valence-electron chi connectivity index (χ2n) is 5.48. The maximum absolute atomic E-state index is 11.2. The Labute approximate surface area is 123 Å². The molecule has 1 aromatic heterocycles. The molecule has 2 rings (SSSR count). The van der Waals surface area contributed by atoms with E-state index >= 15 is 0 Å². The fraction of sp³-hybridized carbons (Fsp3) is 0.375. The molecule has 1 heterocycles. The number of aromatic carboxylic acids is 1. The zero-order valence-corrected chi connectivity index (χ0v) is 12.3. The third kappa shape index (κ3) is 3.70. The summed E-state index contributed by atoms with van der Waals surface area (Å²) in [5, 5.41) is 23.4. The zero-order valence-electron chi connectivity index (χ0n) is 12.3. The average molecular weight is 288 g/mol. The van der Waals surface area contributed by atoms with Crippen LogP contribution in [0.2, 0.25) is 0 Å². The maximum Gasteiger partial charge on any atom is 0.354 e. The normalized spacial score (nSPS) is 13.9. The molecule has 0 aliphatic heterocycles. The van der Waals surface area contributed by atoms with Crippen molar-refractivity contribution in [2.75, 3.05) is 11.9 Å². The van der Waals surface area contributed by atoms with Gasteiger partial charge in [0.1, 0.15) is 0 Å². The van der Waals surface area contributed by atoms with Crippen LogP contribution in [0.4, 0.5) is 5.69 Å². The smallest absolute Gasteiger partial charge is 0.354 e. The van der Waals surface area contributed by atoms with Crippen LogP contribution in [0.5, 0.6) is 0 Å². The van der Waals surface area contributed by atoms with Gasteiger partial charge in [-0.3, -0.25) is 0 Å². The highest BCUT2D eigenvalue weighted by Crippen LogP contribution is 2.24. The average Bonchev–Trinajstić information content (AvgIpc) is 2.44. The largest absolute Gasteiger partial charge is 0.477 e. The predicted molar refractivity (Wildman–Crippen MR) is 82.7 cm³/mol. The number of pyridine rings is 1. The number of anilines is 1. The molecule has 0 aliphatic carbocycles. The van der Waals surface area contributed by atoms with Gasteiger partial charge in [-0.15, -0.1) is 0 Å². The van der Waals surface area contributed by atoms with E-state index in [1.807, 2.05) is 25.1 Å². The number of rotatable bonds is 6. The molecule has 21 heavy (non-hydrogen) atoms. The van der Waals surface area contributed by atoms with Crippen LogP contribution < -0.4 is 5.32 Å². The lowest BCUT2D eigenvalue weighted by atomic mass is 10.0. The number of nitrogens with one attached hydrogen (secondary N) is 1. The third-order valence-electron chi connectivity index (χ3n) is 3.38. The van der Waals surface area contributed by atoms with E-state index in [2.05, 4.69) is 10.3 Å². The van der Waals surface area contributed by atoms with Crippen molar-refractivity contribution in [2.45, 2.75) is 32.3 Å². The van der Waals surface area contributed by atoms with Gasteiger partial charge in [-0.1, -0.05) is 31.5 Å². The van der Waals surface area contributed by atoms with Crippen LogP contribution >= 0.6 is 0 Å². The van der Waals surface area contributed by atoms with E-state index in [0.717, 1.165) is 11.8 Å². The molecule has 5 nitrogen and oxygen atoms in total. The molecular formula is C16H20N2O3. The van der Waals surface area contributed by atoms with E-state index in [1.165, 1.54) is 6.07 Å². The van der Waals surface area contributed by atoms with E-state index in [4.69, 9.17) is 5.11 Å². The molecule has 0 fully saturated rings. The van der Waals surface area contributed by atoms with Crippen LogP contribution in [0.1, 0.15) is 37.2 Å². The highest BCUT2D eigenvalue weighted by Gasteiger charge is 2.19. The van der Waals surface area contributed by atoms with Gasteiger partial charge in [0.05, 0.1) is 11.1 Å². The Morgan fingerprint density at radius 2 is 2.10 bits per heavy atom. The molecule has 3 N–H and O–H groups in total. The molecule has 0 saturated heterocycles. The lowest BCUT2D eigenvalue weighted by Gasteiger charge is -2.24. The molecule has 0 saturated carbocycles. The minimum absolute atomic E-state index is 0.00802. The standard InChI is InChI=1S/C16H20N2O3/c1-3-8-16(2,21)10-17-13-9-14(15(19)20)18-12-7-5-4-6-11(12)13/h4-7,9,21H,3,8,10H2,1-2H3,(H,17,18)(H,19,20). The van der Waals surface area contributed by atoms with Gasteiger partial charge in [0.2, 0.25) is 0 Å². The monoisotopic (exact) mass is 288 g/mol. The Bertz CT molecular complexity index is 653. The molecule has 0 spiro atoms. The van der Waals surface area contributed by atoms with Crippen molar-refractivity contribution in [1.82, 2.24) is 4.98 Å². The number of hydrogen-bond acceptors (Lipinski definition) is 4. The highest BCUT2D eigenvalue weighted by atomic mass is 16.4. The second kappa shape index (κ2) is 6.10. The Morgan fingerprint density at radius 1 is 1.38 bits per heavy atom. The zero-order chi connectivity index (χ0) is 15.5. The fourth-order valence-corrected chi connectivity index (χ4v) is 2.34. The summed E-state index contributed by atoms with van der Waals surface area (Å²) in [5.74, 6) is -1.07. The van der Waals surface area contributed by atoms with Crippen molar-refractivity contribution in [3.63, 3.8) is 0 Å². The maximum atomic E-state index is 11.2. The number of carboxylic acid groups (broad SMARTS) is 1. The van der Waals surface area contributed by atoms with Gasteiger partial charge in [-0.2, -0.15) is 0 Å². The summed E-state index contributed by atoms with van der Waals surface area (Å²) in [4.78, 5) is 15.3. The summed E-state index contributed by atoms with van der Waals surface area (Å²) in [7, 11) is 0. The molecular weight excluding hydrogens is 268 g/mol. The van der Waals surface area contributed by atoms with Crippen molar-refractivity contribution >= 4 is 22.6 Å². The SMILES string of the molecule is CCCC(C)(O)CNc1cc(C(=O)O)nc2ccccc12. The summed E-state index contributed by atoms with van der Waals surface area (Å²) >= 11 is 0. The van der Waals surface area contributed by atoms with Crippen LogP contribution in [0, 0.1) is 0 Å². The first-order valence-electron chi connectivity index (χ1n) is 7.02. The molecule has 0 aliphatic rings.